The van der Waals surface area contributed by atoms with Crippen LogP contribution in [0.4, 0.5) is 5.69 Å². The summed E-state index contributed by atoms with van der Waals surface area (Å²) in [6, 6.07) is 4.37. The van der Waals surface area contributed by atoms with E-state index in [4.69, 9.17) is 9.47 Å². The highest BCUT2D eigenvalue weighted by molar-refractivity contribution is 8.32. The van der Waals surface area contributed by atoms with Crippen molar-refractivity contribution >= 4 is 26.7 Å². The Morgan fingerprint density at radius 1 is 1.29 bits per heavy atom. The van der Waals surface area contributed by atoms with Crippen molar-refractivity contribution in [3.63, 3.8) is 0 Å². The predicted molar refractivity (Wildman–Crippen MR) is 101 cm³/mol. The van der Waals surface area contributed by atoms with Crippen molar-refractivity contribution < 1.29 is 9.47 Å². The third-order valence-corrected chi connectivity index (χ3v) is 6.28. The number of ether oxygens (including phenoxy) is 2. The Labute approximate surface area is 145 Å². The summed E-state index contributed by atoms with van der Waals surface area (Å²) in [4.78, 5) is 7.08. The minimum atomic E-state index is -0.491. The van der Waals surface area contributed by atoms with Crippen LogP contribution in [0.15, 0.2) is 24.5 Å². The van der Waals surface area contributed by atoms with Gasteiger partial charge in [-0.05, 0) is 30.9 Å². The highest BCUT2D eigenvalue weighted by Gasteiger charge is 2.49. The second kappa shape index (κ2) is 5.93. The summed E-state index contributed by atoms with van der Waals surface area (Å²) < 4.78 is 13.3. The molecule has 2 saturated heterocycles. The quantitative estimate of drug-likeness (QED) is 0.752. The van der Waals surface area contributed by atoms with Gasteiger partial charge in [-0.25, -0.2) is 15.0 Å². The molecule has 0 aliphatic carbocycles. The molecular formula is C18H27N3O2S. The van der Waals surface area contributed by atoms with Crippen LogP contribution in [0, 0.1) is 5.41 Å². The molecule has 0 radical (unpaired) electrons. The van der Waals surface area contributed by atoms with Gasteiger partial charge in [0.1, 0.15) is 12.4 Å². The summed E-state index contributed by atoms with van der Waals surface area (Å²) >= 11 is 0. The van der Waals surface area contributed by atoms with E-state index >= 15 is 0 Å². The molecule has 0 aromatic carbocycles. The van der Waals surface area contributed by atoms with Gasteiger partial charge in [0.2, 0.25) is 0 Å². The summed E-state index contributed by atoms with van der Waals surface area (Å²) in [7, 11) is -0.491. The summed E-state index contributed by atoms with van der Waals surface area (Å²) in [6.07, 6.45) is 11.0. The van der Waals surface area contributed by atoms with Gasteiger partial charge in [-0.2, -0.15) is 0 Å². The minimum absolute atomic E-state index is 0.434. The number of hydrogen-bond acceptors (Lipinski definition) is 4. The van der Waals surface area contributed by atoms with E-state index in [1.165, 1.54) is 11.1 Å². The molecule has 24 heavy (non-hydrogen) atoms. The van der Waals surface area contributed by atoms with Crippen LogP contribution >= 0.6 is 10.0 Å². The second-order valence-corrected chi connectivity index (χ2v) is 12.7. The predicted octanol–water partition coefficient (Wildman–Crippen LogP) is 2.54. The van der Waals surface area contributed by atoms with Gasteiger partial charge in [-0.15, -0.1) is 0 Å². The molecule has 0 amide bonds. The number of nitrogens with zero attached hydrogens (tertiary/aromatic N) is 3. The van der Waals surface area contributed by atoms with E-state index in [1.54, 1.807) is 0 Å². The lowest BCUT2D eigenvalue weighted by Crippen LogP contribution is -2.66. The Morgan fingerprint density at radius 2 is 2.08 bits per heavy atom. The molecule has 2 aliphatic heterocycles. The lowest BCUT2D eigenvalue weighted by molar-refractivity contribution is -0.127. The Morgan fingerprint density at radius 3 is 2.75 bits per heavy atom. The molecule has 2 aromatic rings. The molecule has 0 saturated carbocycles. The third kappa shape index (κ3) is 3.15. The van der Waals surface area contributed by atoms with E-state index in [9.17, 15) is 0 Å². The van der Waals surface area contributed by atoms with Crippen molar-refractivity contribution in [2.45, 2.75) is 6.73 Å². The van der Waals surface area contributed by atoms with Crippen LogP contribution in [0.5, 0.6) is 0 Å². The number of pyridine rings is 1. The van der Waals surface area contributed by atoms with Crippen LogP contribution in [0.2, 0.25) is 0 Å². The zero-order valence-electron chi connectivity index (χ0n) is 14.8. The molecule has 0 bridgehead atoms. The third-order valence-electron chi connectivity index (χ3n) is 4.89. The maximum absolute atomic E-state index is 5.84. The van der Waals surface area contributed by atoms with E-state index in [-0.39, 0.29) is 0 Å². The first-order valence-electron chi connectivity index (χ1n) is 8.46. The lowest BCUT2D eigenvalue weighted by atomic mass is 9.78. The second-order valence-electron chi connectivity index (χ2n) is 8.07. The Hall–Kier alpha value is -1.24. The van der Waals surface area contributed by atoms with Gasteiger partial charge in [0.25, 0.3) is 0 Å². The smallest absolute Gasteiger partial charge is 0.141 e. The zero-order chi connectivity index (χ0) is 16.8. The van der Waals surface area contributed by atoms with Gasteiger partial charge in [0.15, 0.2) is 0 Å². The summed E-state index contributed by atoms with van der Waals surface area (Å²) in [5, 5.41) is 1.18. The van der Waals surface area contributed by atoms with Crippen LogP contribution in [-0.4, -0.2) is 67.0 Å². The number of fused-ring (bicyclic) bond motifs is 1. The fraction of sp³-hybridized carbons (Fsp3) is 0.611. The largest absolute Gasteiger partial charge is 0.380 e. The van der Waals surface area contributed by atoms with Gasteiger partial charge in [0, 0.05) is 30.4 Å². The average Bonchev–Trinajstić information content (AvgIpc) is 2.82. The molecule has 2 aromatic heterocycles. The molecule has 6 heteroatoms. The first-order valence-corrected chi connectivity index (χ1v) is 11.5. The highest BCUT2D eigenvalue weighted by atomic mass is 32.3. The fourth-order valence-electron chi connectivity index (χ4n) is 3.33. The van der Waals surface area contributed by atoms with Crippen LogP contribution in [0.25, 0.3) is 11.0 Å². The van der Waals surface area contributed by atoms with Gasteiger partial charge < -0.3 is 18.9 Å². The molecule has 2 fully saturated rings. The molecule has 1 spiro atoms. The van der Waals surface area contributed by atoms with Crippen molar-refractivity contribution in [2.75, 3.05) is 62.3 Å². The zero-order valence-corrected chi connectivity index (χ0v) is 15.6. The lowest BCUT2D eigenvalue weighted by Gasteiger charge is -2.55. The normalized spacial score (nSPS) is 20.2. The number of rotatable bonds is 6. The molecule has 0 unspecified atom stereocenters. The Bertz CT molecular complexity index is 725. The topological polar surface area (TPSA) is 39.5 Å². The molecule has 4 rings (SSSR count). The molecule has 4 heterocycles. The molecule has 132 valence electrons. The van der Waals surface area contributed by atoms with E-state index in [0.717, 1.165) is 44.3 Å². The monoisotopic (exact) mass is 349 g/mol. The number of hydrogen-bond donors (Lipinski definition) is 0. The molecule has 2 aliphatic rings. The van der Waals surface area contributed by atoms with E-state index in [2.05, 4.69) is 51.5 Å². The highest BCUT2D eigenvalue weighted by Crippen LogP contribution is 2.40. The van der Waals surface area contributed by atoms with Crippen molar-refractivity contribution in [3.05, 3.63) is 24.5 Å². The maximum atomic E-state index is 5.84. The van der Waals surface area contributed by atoms with Crippen molar-refractivity contribution in [1.29, 1.82) is 0 Å². The standard InChI is InChI=1S/C18H27N3O2S/c1-24(2,3)7-6-22-14-20-5-4-15-8-16(9-19-17(15)20)21-10-18(11-21)12-23-13-18/h4-5,8-9H,6-7,10-14H2,1-3H3. The number of aromatic nitrogens is 2. The van der Waals surface area contributed by atoms with Gasteiger partial charge in [0.05, 0.1) is 37.1 Å². The van der Waals surface area contributed by atoms with E-state index < -0.39 is 10.0 Å². The van der Waals surface area contributed by atoms with Gasteiger partial charge >= 0.3 is 0 Å². The first kappa shape index (κ1) is 16.2. The van der Waals surface area contributed by atoms with E-state index in [0.29, 0.717) is 12.1 Å². The Balaban J connectivity index is 1.38. The SMILES string of the molecule is CS(C)(C)CCOCn1ccc2cc(N3CC4(COC4)C3)cnc21. The van der Waals surface area contributed by atoms with Crippen LogP contribution in [0.3, 0.4) is 0 Å². The van der Waals surface area contributed by atoms with Gasteiger partial charge in [-0.3, -0.25) is 0 Å². The van der Waals surface area contributed by atoms with Crippen LogP contribution in [0.1, 0.15) is 0 Å². The Kier molecular flexibility index (Phi) is 4.01. The minimum Gasteiger partial charge on any atom is -0.380 e. The van der Waals surface area contributed by atoms with Crippen LogP contribution < -0.4 is 4.90 Å². The van der Waals surface area contributed by atoms with Crippen molar-refractivity contribution in [2.24, 2.45) is 5.41 Å². The first-order chi connectivity index (χ1) is 11.4. The van der Waals surface area contributed by atoms with Crippen molar-refractivity contribution in [3.8, 4) is 0 Å². The van der Waals surface area contributed by atoms with Gasteiger partial charge in [-0.1, -0.05) is 0 Å². The van der Waals surface area contributed by atoms with Crippen LogP contribution in [-0.2, 0) is 16.2 Å². The molecular weight excluding hydrogens is 322 g/mol. The summed E-state index contributed by atoms with van der Waals surface area (Å²) in [5.41, 5.74) is 2.66. The maximum Gasteiger partial charge on any atom is 0.141 e. The molecule has 0 N–H and O–H groups in total. The average molecular weight is 350 g/mol. The van der Waals surface area contributed by atoms with Crippen molar-refractivity contribution in [1.82, 2.24) is 9.55 Å². The summed E-state index contributed by atoms with van der Waals surface area (Å²) in [5.74, 6) is 1.14. The molecule has 0 atom stereocenters. The fourth-order valence-corrected chi connectivity index (χ4v) is 3.95. The summed E-state index contributed by atoms with van der Waals surface area (Å²) in [6.45, 7) is 5.43. The number of anilines is 1. The molecule has 5 nitrogen and oxygen atoms in total. The van der Waals surface area contributed by atoms with E-state index in [1.807, 2.05) is 6.20 Å².